The predicted octanol–water partition coefficient (Wildman–Crippen LogP) is 4.94. The Morgan fingerprint density at radius 1 is 0.810 bits per heavy atom. The summed E-state index contributed by atoms with van der Waals surface area (Å²) in [5.74, 6) is 0. The lowest BCUT2D eigenvalue weighted by atomic mass is 10.0. The van der Waals surface area contributed by atoms with Crippen LogP contribution in [0.25, 0.3) is 0 Å². The van der Waals surface area contributed by atoms with Gasteiger partial charge in [-0.05, 0) is 13.3 Å². The molecule has 1 unspecified atom stereocenters. The average molecular weight is 322 g/mol. The molecule has 21 heavy (non-hydrogen) atoms. The van der Waals surface area contributed by atoms with Crippen LogP contribution < -0.4 is 0 Å². The lowest BCUT2D eigenvalue weighted by Crippen LogP contribution is -2.14. The van der Waals surface area contributed by atoms with Crippen molar-refractivity contribution < 1.29 is 17.2 Å². The molecule has 0 saturated heterocycles. The first-order valence-electron chi connectivity index (χ1n) is 8.60. The Morgan fingerprint density at radius 3 is 1.57 bits per heavy atom. The van der Waals surface area contributed by atoms with Crippen LogP contribution in [0.2, 0.25) is 0 Å². The van der Waals surface area contributed by atoms with E-state index < -0.39 is 16.5 Å². The fraction of sp³-hybridized carbons (Fsp3) is 1.00. The number of unbranched alkanes of at least 4 members (excludes halogenated alkanes) is 11. The molecule has 128 valence electrons. The summed E-state index contributed by atoms with van der Waals surface area (Å²) in [4.78, 5) is 0. The van der Waals surface area contributed by atoms with Crippen molar-refractivity contribution in [3.63, 3.8) is 0 Å². The number of hydrogen-bond donors (Lipinski definition) is 0. The maximum Gasteiger partial charge on any atom is 0.217 e. The molecule has 5 heteroatoms. The summed E-state index contributed by atoms with van der Waals surface area (Å²) in [6.07, 6.45) is 15.4. The number of rotatable bonds is 15. The van der Waals surface area contributed by atoms with Crippen LogP contribution in [0.5, 0.6) is 0 Å². The van der Waals surface area contributed by atoms with Gasteiger partial charge in [-0.2, -0.15) is 0 Å². The highest BCUT2D eigenvalue weighted by Crippen LogP contribution is 2.13. The Labute approximate surface area is 131 Å². The Morgan fingerprint density at radius 2 is 1.19 bits per heavy atom. The lowest BCUT2D eigenvalue weighted by molar-refractivity contribution is 0.181. The highest BCUT2D eigenvalue weighted by atomic mass is 32.3. The van der Waals surface area contributed by atoms with E-state index in [1.165, 1.54) is 64.2 Å². The van der Waals surface area contributed by atoms with Crippen LogP contribution in [0, 0.1) is 0 Å². The van der Waals surface area contributed by atoms with Crippen LogP contribution in [-0.4, -0.2) is 19.1 Å². The minimum atomic E-state index is -4.54. The third-order valence-electron chi connectivity index (χ3n) is 3.75. The molecule has 0 heterocycles. The number of hydrogen-bond acceptors (Lipinski definition) is 4. The molecule has 0 amide bonds. The van der Waals surface area contributed by atoms with E-state index in [0.717, 1.165) is 12.8 Å². The highest BCUT2D eigenvalue weighted by Gasteiger charge is 2.05. The Hall–Kier alpha value is -0.130. The minimum absolute atomic E-state index is 0.490. The average Bonchev–Trinajstić information content (AvgIpc) is 2.38. The molecule has 0 aromatic carbocycles. The van der Waals surface area contributed by atoms with Gasteiger partial charge in [-0.1, -0.05) is 84.0 Å². The summed E-state index contributed by atoms with van der Waals surface area (Å²) in [5.41, 5.74) is 0. The summed E-state index contributed by atoms with van der Waals surface area (Å²) < 4.78 is 35.5. The molecule has 0 aliphatic heterocycles. The van der Waals surface area contributed by atoms with Crippen molar-refractivity contribution >= 4 is 10.4 Å². The molecule has 0 rings (SSSR count). The van der Waals surface area contributed by atoms with E-state index >= 15 is 0 Å². The van der Waals surface area contributed by atoms with Crippen LogP contribution in [0.4, 0.5) is 0 Å². The maximum absolute atomic E-state index is 10.4. The highest BCUT2D eigenvalue weighted by molar-refractivity contribution is 7.80. The first kappa shape index (κ1) is 20.9. The van der Waals surface area contributed by atoms with Gasteiger partial charge < -0.3 is 4.55 Å². The third kappa shape index (κ3) is 17.8. The molecule has 0 saturated carbocycles. The molecule has 0 aromatic heterocycles. The van der Waals surface area contributed by atoms with Crippen LogP contribution in [-0.2, 0) is 14.6 Å². The molecule has 0 N–H and O–H groups in total. The molecule has 1 atom stereocenters. The van der Waals surface area contributed by atoms with E-state index in [4.69, 9.17) is 0 Å². The van der Waals surface area contributed by atoms with Crippen molar-refractivity contribution in [3.8, 4) is 0 Å². The Balaban J connectivity index is 3.19. The van der Waals surface area contributed by atoms with Crippen LogP contribution in [0.1, 0.15) is 97.3 Å². The van der Waals surface area contributed by atoms with Gasteiger partial charge in [0.05, 0.1) is 6.10 Å². The fourth-order valence-electron chi connectivity index (χ4n) is 2.52. The second-order valence-corrected chi connectivity index (χ2v) is 7.00. The zero-order valence-corrected chi connectivity index (χ0v) is 14.6. The van der Waals surface area contributed by atoms with Crippen LogP contribution in [0.3, 0.4) is 0 Å². The van der Waals surface area contributed by atoms with E-state index in [-0.39, 0.29) is 0 Å². The molecule has 0 fully saturated rings. The smallest absolute Gasteiger partial charge is 0.217 e. The zero-order chi connectivity index (χ0) is 16.0. The Kier molecular flexibility index (Phi) is 13.4. The molecular weight excluding hydrogens is 288 g/mol. The summed E-state index contributed by atoms with van der Waals surface area (Å²) in [7, 11) is -4.54. The summed E-state index contributed by atoms with van der Waals surface area (Å²) in [6, 6.07) is 0. The van der Waals surface area contributed by atoms with Crippen molar-refractivity contribution in [1.82, 2.24) is 0 Å². The fourth-order valence-corrected chi connectivity index (χ4v) is 3.02. The van der Waals surface area contributed by atoms with Crippen LogP contribution in [0.15, 0.2) is 0 Å². The molecular formula is C16H33O4S-. The summed E-state index contributed by atoms with van der Waals surface area (Å²) >= 11 is 0. The van der Waals surface area contributed by atoms with Gasteiger partial charge in [0.1, 0.15) is 0 Å². The van der Waals surface area contributed by atoms with E-state index in [9.17, 15) is 13.0 Å². The third-order valence-corrected chi connectivity index (χ3v) is 4.31. The summed E-state index contributed by atoms with van der Waals surface area (Å²) in [6.45, 7) is 3.88. The van der Waals surface area contributed by atoms with Gasteiger partial charge in [0.2, 0.25) is 10.4 Å². The van der Waals surface area contributed by atoms with Gasteiger partial charge in [-0.25, -0.2) is 8.42 Å². The van der Waals surface area contributed by atoms with E-state index in [1.54, 1.807) is 6.92 Å². The monoisotopic (exact) mass is 321 g/mol. The molecule has 0 bridgehead atoms. The van der Waals surface area contributed by atoms with E-state index in [0.29, 0.717) is 6.42 Å². The topological polar surface area (TPSA) is 66.4 Å². The second-order valence-electron chi connectivity index (χ2n) is 5.99. The zero-order valence-electron chi connectivity index (χ0n) is 13.8. The predicted molar refractivity (Wildman–Crippen MR) is 85.9 cm³/mol. The first-order valence-corrected chi connectivity index (χ1v) is 9.93. The van der Waals surface area contributed by atoms with Crippen molar-refractivity contribution in [1.29, 1.82) is 0 Å². The van der Waals surface area contributed by atoms with E-state index in [2.05, 4.69) is 11.1 Å². The SMILES string of the molecule is CCCCCCCCCCCCCCC(C)OS(=O)(=O)[O-]. The van der Waals surface area contributed by atoms with Gasteiger partial charge in [-0.3, -0.25) is 4.18 Å². The molecule has 0 aromatic rings. The second kappa shape index (κ2) is 13.5. The molecule has 4 nitrogen and oxygen atoms in total. The van der Waals surface area contributed by atoms with Gasteiger partial charge in [-0.15, -0.1) is 0 Å². The maximum atomic E-state index is 10.4. The normalized spacial score (nSPS) is 13.5. The largest absolute Gasteiger partial charge is 0.726 e. The summed E-state index contributed by atoms with van der Waals surface area (Å²) in [5, 5.41) is 0. The van der Waals surface area contributed by atoms with Crippen LogP contribution >= 0.6 is 0 Å². The molecule has 0 spiro atoms. The van der Waals surface area contributed by atoms with Crippen molar-refractivity contribution in [2.24, 2.45) is 0 Å². The van der Waals surface area contributed by atoms with Crippen molar-refractivity contribution in [3.05, 3.63) is 0 Å². The van der Waals surface area contributed by atoms with Gasteiger partial charge in [0.15, 0.2) is 0 Å². The quantitative estimate of drug-likeness (QED) is 0.243. The van der Waals surface area contributed by atoms with Gasteiger partial charge in [0, 0.05) is 0 Å². The molecule has 0 aliphatic carbocycles. The standard InChI is InChI=1S/C16H34O4S/c1-3-4-5-6-7-8-9-10-11-12-13-14-15-16(2)20-21(17,18)19/h16H,3-15H2,1-2H3,(H,17,18,19)/p-1. The van der Waals surface area contributed by atoms with E-state index in [1.807, 2.05) is 0 Å². The minimum Gasteiger partial charge on any atom is -0.726 e. The van der Waals surface area contributed by atoms with Gasteiger partial charge in [0.25, 0.3) is 0 Å². The van der Waals surface area contributed by atoms with Crippen molar-refractivity contribution in [2.75, 3.05) is 0 Å². The molecule has 0 radical (unpaired) electrons. The lowest BCUT2D eigenvalue weighted by Gasteiger charge is -2.14. The van der Waals surface area contributed by atoms with Gasteiger partial charge >= 0.3 is 0 Å². The van der Waals surface area contributed by atoms with Crippen molar-refractivity contribution in [2.45, 2.75) is 103 Å². The molecule has 0 aliphatic rings. The Bertz CT molecular complexity index is 314. The first-order chi connectivity index (χ1) is 9.95.